The molecule has 1 aromatic carbocycles. The molecule has 4 rings (SSSR count). The van der Waals surface area contributed by atoms with E-state index in [1.807, 2.05) is 31.2 Å². The molecule has 1 amide bonds. The normalized spacial score (nSPS) is 15.9. The molecular weight excluding hydrogens is 390 g/mol. The highest BCUT2D eigenvalue weighted by molar-refractivity contribution is 6.29. The van der Waals surface area contributed by atoms with Gasteiger partial charge in [-0.25, -0.2) is 0 Å². The fourth-order valence-electron chi connectivity index (χ4n) is 3.56. The Bertz CT molecular complexity index is 1050. The highest BCUT2D eigenvalue weighted by Crippen LogP contribution is 2.43. The zero-order valence-corrected chi connectivity index (χ0v) is 17.3. The number of aryl methyl sites for hydroxylation is 1. The van der Waals surface area contributed by atoms with E-state index in [1.165, 1.54) is 0 Å². The van der Waals surface area contributed by atoms with Crippen LogP contribution in [0.2, 0.25) is 5.15 Å². The Balaban J connectivity index is 1.80. The lowest BCUT2D eigenvalue weighted by atomic mass is 9.85. The van der Waals surface area contributed by atoms with Gasteiger partial charge in [0.15, 0.2) is 11.0 Å². The van der Waals surface area contributed by atoms with E-state index in [1.54, 1.807) is 16.8 Å². The fourth-order valence-corrected chi connectivity index (χ4v) is 3.66. The van der Waals surface area contributed by atoms with Crippen LogP contribution in [0.3, 0.4) is 0 Å². The van der Waals surface area contributed by atoms with Crippen LogP contribution in [0.25, 0.3) is 5.82 Å². The lowest BCUT2D eigenvalue weighted by Gasteiger charge is -2.26. The predicted molar refractivity (Wildman–Crippen MR) is 111 cm³/mol. The first-order chi connectivity index (χ1) is 13.9. The predicted octanol–water partition coefficient (Wildman–Crippen LogP) is 4.13. The van der Waals surface area contributed by atoms with Crippen LogP contribution in [0.15, 0.2) is 36.4 Å². The summed E-state index contributed by atoms with van der Waals surface area (Å²) in [5.74, 6) is 2.06. The zero-order valence-electron chi connectivity index (χ0n) is 16.5. The standard InChI is InChI=1S/C21H22ClN5O2/c1-12(2)11-29-16-7-5-4-6-14(16)15-10-19(28)23-21-20(15)13(3)26-27(21)18-9-8-17(22)24-25-18/h4-9,12,15H,10-11H2,1-3H3,(H,23,28)/t15-/m0/s1. The minimum Gasteiger partial charge on any atom is -0.493 e. The van der Waals surface area contributed by atoms with Gasteiger partial charge in [0.25, 0.3) is 0 Å². The molecule has 2 aromatic heterocycles. The monoisotopic (exact) mass is 411 g/mol. The molecule has 7 nitrogen and oxygen atoms in total. The van der Waals surface area contributed by atoms with Gasteiger partial charge in [0.2, 0.25) is 5.91 Å². The summed E-state index contributed by atoms with van der Waals surface area (Å²) >= 11 is 5.86. The van der Waals surface area contributed by atoms with Crippen LogP contribution < -0.4 is 10.1 Å². The second-order valence-electron chi connectivity index (χ2n) is 7.52. The van der Waals surface area contributed by atoms with Crippen molar-refractivity contribution in [1.29, 1.82) is 0 Å². The lowest BCUT2D eigenvalue weighted by molar-refractivity contribution is -0.116. The number of para-hydroxylation sites is 1. The van der Waals surface area contributed by atoms with E-state index in [-0.39, 0.29) is 11.8 Å². The number of ether oxygens (including phenoxy) is 1. The Hall–Kier alpha value is -2.93. The van der Waals surface area contributed by atoms with Crippen molar-refractivity contribution in [3.8, 4) is 11.6 Å². The molecule has 0 bridgehead atoms. The van der Waals surface area contributed by atoms with Crippen molar-refractivity contribution in [2.24, 2.45) is 5.92 Å². The number of aromatic nitrogens is 4. The van der Waals surface area contributed by atoms with Crippen molar-refractivity contribution in [2.45, 2.75) is 33.1 Å². The van der Waals surface area contributed by atoms with Gasteiger partial charge >= 0.3 is 0 Å². The van der Waals surface area contributed by atoms with Gasteiger partial charge in [0, 0.05) is 23.5 Å². The molecule has 1 N–H and O–H groups in total. The molecule has 1 aliphatic rings. The molecule has 3 heterocycles. The number of carbonyl (C=O) groups is 1. The van der Waals surface area contributed by atoms with Crippen molar-refractivity contribution in [2.75, 3.05) is 11.9 Å². The molecule has 1 aliphatic heterocycles. The Labute approximate surface area is 174 Å². The summed E-state index contributed by atoms with van der Waals surface area (Å²) in [5.41, 5.74) is 2.76. The van der Waals surface area contributed by atoms with E-state index < -0.39 is 0 Å². The maximum absolute atomic E-state index is 12.6. The number of rotatable bonds is 5. The van der Waals surface area contributed by atoms with Gasteiger partial charge in [-0.15, -0.1) is 10.2 Å². The van der Waals surface area contributed by atoms with Gasteiger partial charge in [-0.1, -0.05) is 43.6 Å². The molecule has 0 saturated heterocycles. The Morgan fingerprint density at radius 2 is 2.03 bits per heavy atom. The van der Waals surface area contributed by atoms with Crippen LogP contribution >= 0.6 is 11.6 Å². The number of halogens is 1. The third-order valence-electron chi connectivity index (χ3n) is 4.80. The number of hydrogen-bond donors (Lipinski definition) is 1. The van der Waals surface area contributed by atoms with Crippen molar-refractivity contribution < 1.29 is 9.53 Å². The van der Waals surface area contributed by atoms with Crippen molar-refractivity contribution in [1.82, 2.24) is 20.0 Å². The molecule has 150 valence electrons. The molecule has 0 saturated carbocycles. The Kier molecular flexibility index (Phi) is 5.24. The summed E-state index contributed by atoms with van der Waals surface area (Å²) in [7, 11) is 0. The summed E-state index contributed by atoms with van der Waals surface area (Å²) in [6, 6.07) is 11.2. The van der Waals surface area contributed by atoms with Crippen molar-refractivity contribution in [3.05, 3.63) is 58.4 Å². The minimum atomic E-state index is -0.156. The number of hydrogen-bond acceptors (Lipinski definition) is 5. The molecule has 0 aliphatic carbocycles. The molecule has 3 aromatic rings. The van der Waals surface area contributed by atoms with E-state index in [2.05, 4.69) is 34.5 Å². The number of anilines is 1. The molecule has 0 fully saturated rings. The molecule has 29 heavy (non-hydrogen) atoms. The number of nitrogens with zero attached hydrogens (tertiary/aromatic N) is 4. The number of benzene rings is 1. The summed E-state index contributed by atoms with van der Waals surface area (Å²) in [6.07, 6.45) is 0.327. The summed E-state index contributed by atoms with van der Waals surface area (Å²) in [6.45, 7) is 6.76. The molecule has 0 spiro atoms. The quantitative estimate of drug-likeness (QED) is 0.682. The molecule has 0 radical (unpaired) electrons. The largest absolute Gasteiger partial charge is 0.493 e. The SMILES string of the molecule is Cc1nn(-c2ccc(Cl)nn2)c2c1[C@H](c1ccccc1OCC(C)C)CC(=O)N2. The molecule has 8 heteroatoms. The summed E-state index contributed by atoms with van der Waals surface area (Å²) in [5, 5.41) is 15.9. The van der Waals surface area contributed by atoms with E-state index in [4.69, 9.17) is 16.3 Å². The second-order valence-corrected chi connectivity index (χ2v) is 7.91. The number of amides is 1. The van der Waals surface area contributed by atoms with Crippen LogP contribution in [-0.4, -0.2) is 32.5 Å². The third kappa shape index (κ3) is 3.82. The smallest absolute Gasteiger partial charge is 0.226 e. The van der Waals surface area contributed by atoms with Gasteiger partial charge in [-0.2, -0.15) is 9.78 Å². The van der Waals surface area contributed by atoms with E-state index in [0.29, 0.717) is 35.7 Å². The molecule has 0 unspecified atom stereocenters. The maximum atomic E-state index is 12.6. The van der Waals surface area contributed by atoms with Crippen LogP contribution in [0.5, 0.6) is 5.75 Å². The lowest BCUT2D eigenvalue weighted by Crippen LogP contribution is -2.25. The topological polar surface area (TPSA) is 81.9 Å². The van der Waals surface area contributed by atoms with Crippen LogP contribution in [0.1, 0.15) is 43.0 Å². The number of carbonyl (C=O) groups excluding carboxylic acids is 1. The van der Waals surface area contributed by atoms with Gasteiger partial charge < -0.3 is 10.1 Å². The molecule has 1 atom stereocenters. The van der Waals surface area contributed by atoms with Crippen LogP contribution in [-0.2, 0) is 4.79 Å². The van der Waals surface area contributed by atoms with E-state index >= 15 is 0 Å². The van der Waals surface area contributed by atoms with E-state index in [0.717, 1.165) is 22.6 Å². The summed E-state index contributed by atoms with van der Waals surface area (Å²) < 4.78 is 7.66. The van der Waals surface area contributed by atoms with Gasteiger partial charge in [0.05, 0.1) is 12.3 Å². The number of nitrogens with one attached hydrogen (secondary N) is 1. The first kappa shape index (κ1) is 19.4. The average molecular weight is 412 g/mol. The second kappa shape index (κ2) is 7.83. The van der Waals surface area contributed by atoms with Crippen molar-refractivity contribution in [3.63, 3.8) is 0 Å². The average Bonchev–Trinajstić information content (AvgIpc) is 3.03. The molecular formula is C21H22ClN5O2. The van der Waals surface area contributed by atoms with Crippen LogP contribution in [0, 0.1) is 12.8 Å². The van der Waals surface area contributed by atoms with Gasteiger partial charge in [-0.05, 0) is 31.0 Å². The van der Waals surface area contributed by atoms with Crippen LogP contribution in [0.4, 0.5) is 5.82 Å². The maximum Gasteiger partial charge on any atom is 0.226 e. The third-order valence-corrected chi connectivity index (χ3v) is 5.01. The number of fused-ring (bicyclic) bond motifs is 1. The van der Waals surface area contributed by atoms with Crippen molar-refractivity contribution >= 4 is 23.3 Å². The minimum absolute atomic E-state index is 0.0794. The Morgan fingerprint density at radius 3 is 2.76 bits per heavy atom. The highest BCUT2D eigenvalue weighted by atomic mass is 35.5. The van der Waals surface area contributed by atoms with E-state index in [9.17, 15) is 4.79 Å². The fraction of sp³-hybridized carbons (Fsp3) is 0.333. The van der Waals surface area contributed by atoms with Gasteiger partial charge in [0.1, 0.15) is 11.6 Å². The van der Waals surface area contributed by atoms with Gasteiger partial charge in [-0.3, -0.25) is 4.79 Å². The summed E-state index contributed by atoms with van der Waals surface area (Å²) in [4.78, 5) is 12.6. The zero-order chi connectivity index (χ0) is 20.5. The first-order valence-corrected chi connectivity index (χ1v) is 9.92. The highest BCUT2D eigenvalue weighted by Gasteiger charge is 2.34. The first-order valence-electron chi connectivity index (χ1n) is 9.54. The Morgan fingerprint density at radius 1 is 1.24 bits per heavy atom.